The van der Waals surface area contributed by atoms with Gasteiger partial charge in [-0.2, -0.15) is 0 Å². The van der Waals surface area contributed by atoms with E-state index >= 15 is 0 Å². The Morgan fingerprint density at radius 1 is 1.33 bits per heavy atom. The number of aromatic nitrogens is 1. The number of rotatable bonds is 5. The van der Waals surface area contributed by atoms with Crippen molar-refractivity contribution in [2.75, 3.05) is 7.11 Å². The van der Waals surface area contributed by atoms with Crippen LogP contribution in [0, 0.1) is 0 Å². The van der Waals surface area contributed by atoms with Gasteiger partial charge in [0.15, 0.2) is 0 Å². The highest BCUT2D eigenvalue weighted by molar-refractivity contribution is 9.10. The SMILES string of the molecule is CCc1cc2c(cc(C(=O)NCc3cc(Br)ccc3OC)n2C)s1. The topological polar surface area (TPSA) is 43.3 Å². The highest BCUT2D eigenvalue weighted by Gasteiger charge is 2.16. The Bertz CT molecular complexity index is 898. The number of carbonyl (C=O) groups is 1. The monoisotopic (exact) mass is 406 g/mol. The summed E-state index contributed by atoms with van der Waals surface area (Å²) in [7, 11) is 3.56. The van der Waals surface area contributed by atoms with Crippen molar-refractivity contribution in [3.05, 3.63) is 50.9 Å². The molecule has 4 nitrogen and oxygen atoms in total. The van der Waals surface area contributed by atoms with Crippen molar-refractivity contribution in [2.24, 2.45) is 7.05 Å². The van der Waals surface area contributed by atoms with Gasteiger partial charge in [0, 0.05) is 28.5 Å². The van der Waals surface area contributed by atoms with Crippen molar-refractivity contribution in [3.63, 3.8) is 0 Å². The largest absolute Gasteiger partial charge is 0.496 e. The van der Waals surface area contributed by atoms with Crippen molar-refractivity contribution < 1.29 is 9.53 Å². The highest BCUT2D eigenvalue weighted by Crippen LogP contribution is 2.29. The zero-order valence-electron chi connectivity index (χ0n) is 13.9. The van der Waals surface area contributed by atoms with Gasteiger partial charge < -0.3 is 14.6 Å². The summed E-state index contributed by atoms with van der Waals surface area (Å²) >= 11 is 5.19. The number of carbonyl (C=O) groups excluding carboxylic acids is 1. The second kappa shape index (κ2) is 6.99. The molecule has 1 amide bonds. The molecule has 126 valence electrons. The number of hydrogen-bond acceptors (Lipinski definition) is 3. The molecule has 0 saturated carbocycles. The van der Waals surface area contributed by atoms with Gasteiger partial charge in [0.25, 0.3) is 5.91 Å². The molecule has 0 aliphatic heterocycles. The molecular weight excluding hydrogens is 388 g/mol. The number of fused-ring (bicyclic) bond motifs is 1. The second-order valence-electron chi connectivity index (χ2n) is 5.54. The van der Waals surface area contributed by atoms with Gasteiger partial charge in [-0.3, -0.25) is 4.79 Å². The van der Waals surface area contributed by atoms with Gasteiger partial charge in [0.05, 0.1) is 17.3 Å². The van der Waals surface area contributed by atoms with Crippen molar-refractivity contribution >= 4 is 43.4 Å². The number of nitrogens with zero attached hydrogens (tertiary/aromatic N) is 1. The van der Waals surface area contributed by atoms with Crippen LogP contribution in [0.5, 0.6) is 5.75 Å². The average Bonchev–Trinajstić information content (AvgIpc) is 3.12. The van der Waals surface area contributed by atoms with E-state index in [2.05, 4.69) is 34.2 Å². The summed E-state index contributed by atoms with van der Waals surface area (Å²) in [5.41, 5.74) is 2.72. The predicted octanol–water partition coefficient (Wildman–Crippen LogP) is 4.50. The quantitative estimate of drug-likeness (QED) is 0.677. The van der Waals surface area contributed by atoms with Crippen LogP contribution in [0.3, 0.4) is 0 Å². The smallest absolute Gasteiger partial charge is 0.268 e. The lowest BCUT2D eigenvalue weighted by atomic mass is 10.2. The molecule has 1 aromatic carbocycles. The maximum atomic E-state index is 12.6. The van der Waals surface area contributed by atoms with Gasteiger partial charge in [-0.05, 0) is 36.8 Å². The third kappa shape index (κ3) is 3.21. The summed E-state index contributed by atoms with van der Waals surface area (Å²) in [6.45, 7) is 2.56. The van der Waals surface area contributed by atoms with Crippen LogP contribution in [0.1, 0.15) is 27.9 Å². The van der Waals surface area contributed by atoms with E-state index in [1.165, 1.54) is 4.88 Å². The molecule has 0 aliphatic carbocycles. The number of thiophene rings is 1. The molecule has 2 heterocycles. The first kappa shape index (κ1) is 17.0. The maximum Gasteiger partial charge on any atom is 0.268 e. The van der Waals surface area contributed by atoms with Crippen LogP contribution in [-0.4, -0.2) is 17.6 Å². The Labute approximate surface area is 153 Å². The Morgan fingerprint density at radius 2 is 2.12 bits per heavy atom. The number of hydrogen-bond donors (Lipinski definition) is 1. The minimum atomic E-state index is -0.0824. The maximum absolute atomic E-state index is 12.6. The molecule has 3 aromatic rings. The predicted molar refractivity (Wildman–Crippen MR) is 102 cm³/mol. The van der Waals surface area contributed by atoms with E-state index in [1.807, 2.05) is 35.9 Å². The number of halogens is 1. The van der Waals surface area contributed by atoms with Crippen molar-refractivity contribution in [1.29, 1.82) is 0 Å². The summed E-state index contributed by atoms with van der Waals surface area (Å²) in [5.74, 6) is 0.680. The van der Waals surface area contributed by atoms with Crippen LogP contribution in [0.2, 0.25) is 0 Å². The van der Waals surface area contributed by atoms with Crippen LogP contribution in [0.15, 0.2) is 34.8 Å². The molecule has 0 spiro atoms. The minimum Gasteiger partial charge on any atom is -0.496 e. The Balaban J connectivity index is 1.79. The van der Waals surface area contributed by atoms with E-state index in [9.17, 15) is 4.79 Å². The number of aryl methyl sites for hydroxylation is 2. The van der Waals surface area contributed by atoms with E-state index < -0.39 is 0 Å². The molecule has 0 radical (unpaired) electrons. The van der Waals surface area contributed by atoms with Gasteiger partial charge in [-0.1, -0.05) is 22.9 Å². The summed E-state index contributed by atoms with van der Waals surface area (Å²) < 4.78 is 9.41. The third-order valence-corrected chi connectivity index (χ3v) is 5.75. The van der Waals surface area contributed by atoms with Gasteiger partial charge in [0.1, 0.15) is 11.4 Å². The van der Waals surface area contributed by atoms with E-state index in [1.54, 1.807) is 18.4 Å². The molecule has 6 heteroatoms. The van der Waals surface area contributed by atoms with Crippen molar-refractivity contribution in [2.45, 2.75) is 19.9 Å². The molecule has 0 atom stereocenters. The second-order valence-corrected chi connectivity index (χ2v) is 7.63. The number of nitrogens with one attached hydrogen (secondary N) is 1. The highest BCUT2D eigenvalue weighted by atomic mass is 79.9. The first-order valence-corrected chi connectivity index (χ1v) is 9.33. The molecule has 1 N–H and O–H groups in total. The van der Waals surface area contributed by atoms with Crippen LogP contribution in [-0.2, 0) is 20.0 Å². The standard InChI is InChI=1S/C18H19BrN2O2S/c1-4-13-8-14-17(24-13)9-15(21(14)2)18(22)20-10-11-7-12(19)5-6-16(11)23-3/h5-9H,4,10H2,1-3H3,(H,20,22). The first-order valence-electron chi connectivity index (χ1n) is 7.72. The van der Waals surface area contributed by atoms with Crippen LogP contribution in [0.25, 0.3) is 10.2 Å². The normalized spacial score (nSPS) is 11.0. The fourth-order valence-corrected chi connectivity index (χ4v) is 4.18. The van der Waals surface area contributed by atoms with E-state index in [0.717, 1.165) is 32.4 Å². The molecule has 0 unspecified atom stereocenters. The van der Waals surface area contributed by atoms with Crippen molar-refractivity contribution in [1.82, 2.24) is 9.88 Å². The third-order valence-electron chi connectivity index (χ3n) is 4.04. The van der Waals surface area contributed by atoms with Gasteiger partial charge in [0.2, 0.25) is 0 Å². The zero-order chi connectivity index (χ0) is 17.3. The summed E-state index contributed by atoms with van der Waals surface area (Å²) in [5, 5.41) is 2.98. The first-order chi connectivity index (χ1) is 11.5. The minimum absolute atomic E-state index is 0.0824. The molecular formula is C18H19BrN2O2S. The number of ether oxygens (including phenoxy) is 1. The molecule has 0 aliphatic rings. The Kier molecular flexibility index (Phi) is 4.96. The van der Waals surface area contributed by atoms with Crippen molar-refractivity contribution in [3.8, 4) is 5.75 Å². The number of amides is 1. The molecule has 0 fully saturated rings. The Morgan fingerprint density at radius 3 is 2.79 bits per heavy atom. The van der Waals surface area contributed by atoms with Gasteiger partial charge in [-0.15, -0.1) is 11.3 Å². The van der Waals surface area contributed by atoms with E-state index in [4.69, 9.17) is 4.74 Å². The molecule has 24 heavy (non-hydrogen) atoms. The van der Waals surface area contributed by atoms with Gasteiger partial charge in [-0.25, -0.2) is 0 Å². The molecule has 2 aromatic heterocycles. The lowest BCUT2D eigenvalue weighted by molar-refractivity contribution is 0.0943. The molecule has 0 bridgehead atoms. The van der Waals surface area contributed by atoms with Crippen LogP contribution >= 0.6 is 27.3 Å². The van der Waals surface area contributed by atoms with E-state index in [-0.39, 0.29) is 5.91 Å². The fraction of sp³-hybridized carbons (Fsp3) is 0.278. The lowest BCUT2D eigenvalue weighted by Crippen LogP contribution is -2.25. The molecule has 0 saturated heterocycles. The van der Waals surface area contributed by atoms with E-state index in [0.29, 0.717) is 12.2 Å². The molecule has 3 rings (SSSR count). The zero-order valence-corrected chi connectivity index (χ0v) is 16.3. The fourth-order valence-electron chi connectivity index (χ4n) is 2.71. The van der Waals surface area contributed by atoms with Crippen LogP contribution in [0.4, 0.5) is 0 Å². The Hall–Kier alpha value is -1.79. The average molecular weight is 407 g/mol. The number of benzene rings is 1. The lowest BCUT2D eigenvalue weighted by Gasteiger charge is -2.11. The summed E-state index contributed by atoms with van der Waals surface area (Å²) in [6.07, 6.45) is 1.02. The van der Waals surface area contributed by atoms with Gasteiger partial charge >= 0.3 is 0 Å². The summed E-state index contributed by atoms with van der Waals surface area (Å²) in [6, 6.07) is 9.88. The summed E-state index contributed by atoms with van der Waals surface area (Å²) in [4.78, 5) is 13.9. The van der Waals surface area contributed by atoms with Crippen LogP contribution < -0.4 is 10.1 Å². The number of methoxy groups -OCH3 is 1.